The van der Waals surface area contributed by atoms with Gasteiger partial charge in [0.05, 0.1) is 36.3 Å². The molecule has 0 aliphatic carbocycles. The van der Waals surface area contributed by atoms with E-state index in [0.717, 1.165) is 28.0 Å². The van der Waals surface area contributed by atoms with Crippen molar-refractivity contribution in [2.24, 2.45) is 0 Å². The van der Waals surface area contributed by atoms with E-state index in [9.17, 15) is 0 Å². The third-order valence-corrected chi connectivity index (χ3v) is 3.53. The van der Waals surface area contributed by atoms with Gasteiger partial charge in [0, 0.05) is 31.4 Å². The Bertz CT molecular complexity index is 825. The van der Waals surface area contributed by atoms with E-state index in [2.05, 4.69) is 15.2 Å². The molecule has 0 atom stereocenters. The summed E-state index contributed by atoms with van der Waals surface area (Å²) in [5.41, 5.74) is 4.75. The molecule has 7 nitrogen and oxygen atoms in total. The van der Waals surface area contributed by atoms with Gasteiger partial charge in [-0.25, -0.2) is 9.97 Å². The lowest BCUT2D eigenvalue weighted by atomic mass is 10.1. The molecule has 0 N–H and O–H groups in total. The van der Waals surface area contributed by atoms with Crippen LogP contribution in [0.5, 0.6) is 0 Å². The fraction of sp³-hybridized carbons (Fsp3) is 0.286. The minimum atomic E-state index is 0.531. The van der Waals surface area contributed by atoms with Crippen molar-refractivity contribution in [2.75, 3.05) is 19.0 Å². The van der Waals surface area contributed by atoms with E-state index in [1.807, 2.05) is 31.1 Å². The van der Waals surface area contributed by atoms with Crippen LogP contribution in [-0.4, -0.2) is 38.9 Å². The lowest BCUT2D eigenvalue weighted by Crippen LogP contribution is -2.14. The summed E-state index contributed by atoms with van der Waals surface area (Å²) in [7, 11) is 3.86. The molecule has 0 amide bonds. The first-order valence-corrected chi connectivity index (χ1v) is 6.68. The summed E-state index contributed by atoms with van der Waals surface area (Å²) in [4.78, 5) is 11.1. The lowest BCUT2D eigenvalue weighted by Gasteiger charge is -2.13. The molecule has 3 aromatic rings. The Balaban J connectivity index is 1.99. The first-order valence-electron chi connectivity index (χ1n) is 6.68. The normalized spacial score (nSPS) is 13.6. The third-order valence-electron chi connectivity index (χ3n) is 3.53. The zero-order valence-corrected chi connectivity index (χ0v) is 11.8. The number of fused-ring (bicyclic) bond motifs is 2. The van der Waals surface area contributed by atoms with Crippen LogP contribution in [0.3, 0.4) is 0 Å². The van der Waals surface area contributed by atoms with E-state index in [-0.39, 0.29) is 0 Å². The Kier molecular flexibility index (Phi) is 2.61. The van der Waals surface area contributed by atoms with Crippen LogP contribution in [0, 0.1) is 0 Å². The second-order valence-electron chi connectivity index (χ2n) is 5.14. The number of rotatable bonds is 2. The topological polar surface area (TPSA) is 68.4 Å². The Morgan fingerprint density at radius 2 is 2.10 bits per heavy atom. The number of anilines is 1. The molecule has 0 bridgehead atoms. The molecule has 0 saturated carbocycles. The van der Waals surface area contributed by atoms with Crippen LogP contribution in [0.2, 0.25) is 0 Å². The minimum absolute atomic E-state index is 0.531. The largest absolute Gasteiger partial charge is 0.370 e. The van der Waals surface area contributed by atoms with Crippen molar-refractivity contribution >= 4 is 11.5 Å². The van der Waals surface area contributed by atoms with Gasteiger partial charge in [0.1, 0.15) is 0 Å². The standard InChI is InChI=1S/C14H14N6O/c1-19(2)14-17-11-8-21-7-10(11)13(18-14)9-6-16-20-12(9)4-3-5-15-20/h3-6H,7-8H2,1-2H3. The van der Waals surface area contributed by atoms with Gasteiger partial charge in [0.15, 0.2) is 0 Å². The van der Waals surface area contributed by atoms with Gasteiger partial charge in [-0.05, 0) is 12.1 Å². The van der Waals surface area contributed by atoms with Crippen LogP contribution in [0.4, 0.5) is 5.95 Å². The number of nitrogens with zero attached hydrogens (tertiary/aromatic N) is 6. The van der Waals surface area contributed by atoms with E-state index in [1.165, 1.54) is 0 Å². The maximum absolute atomic E-state index is 5.54. The summed E-state index contributed by atoms with van der Waals surface area (Å²) in [5, 5.41) is 8.48. The van der Waals surface area contributed by atoms with Gasteiger partial charge in [0.2, 0.25) is 5.95 Å². The number of ether oxygens (including phenoxy) is 1. The van der Waals surface area contributed by atoms with Gasteiger partial charge < -0.3 is 9.64 Å². The fourth-order valence-corrected chi connectivity index (χ4v) is 2.48. The molecule has 106 valence electrons. The van der Waals surface area contributed by atoms with Crippen LogP contribution in [-0.2, 0) is 18.0 Å². The molecule has 3 aromatic heterocycles. The van der Waals surface area contributed by atoms with Crippen LogP contribution in [0.15, 0.2) is 24.5 Å². The van der Waals surface area contributed by atoms with E-state index < -0.39 is 0 Å². The zero-order chi connectivity index (χ0) is 14.4. The zero-order valence-electron chi connectivity index (χ0n) is 11.8. The Morgan fingerprint density at radius 3 is 2.95 bits per heavy atom. The molecule has 7 heteroatoms. The Morgan fingerprint density at radius 1 is 1.19 bits per heavy atom. The summed E-state index contributed by atoms with van der Waals surface area (Å²) < 4.78 is 7.14. The van der Waals surface area contributed by atoms with Gasteiger partial charge in [-0.1, -0.05) is 0 Å². The van der Waals surface area contributed by atoms with Crippen LogP contribution in [0.25, 0.3) is 16.8 Å². The lowest BCUT2D eigenvalue weighted by molar-refractivity contribution is 0.133. The smallest absolute Gasteiger partial charge is 0.225 e. The number of hydrogen-bond acceptors (Lipinski definition) is 6. The molecule has 0 saturated heterocycles. The maximum Gasteiger partial charge on any atom is 0.225 e. The van der Waals surface area contributed by atoms with Crippen molar-refractivity contribution in [1.82, 2.24) is 24.8 Å². The molecular weight excluding hydrogens is 268 g/mol. The van der Waals surface area contributed by atoms with Gasteiger partial charge >= 0.3 is 0 Å². The summed E-state index contributed by atoms with van der Waals surface area (Å²) in [5.74, 6) is 0.678. The van der Waals surface area contributed by atoms with Crippen LogP contribution < -0.4 is 4.90 Å². The SMILES string of the molecule is CN(C)c1nc2c(c(-c3cnn4ncccc34)n1)COC2. The average Bonchev–Trinajstić information content (AvgIpc) is 3.12. The highest BCUT2D eigenvalue weighted by Gasteiger charge is 2.23. The second-order valence-corrected chi connectivity index (χ2v) is 5.14. The monoisotopic (exact) mass is 282 g/mol. The minimum Gasteiger partial charge on any atom is -0.370 e. The molecule has 4 heterocycles. The summed E-state index contributed by atoms with van der Waals surface area (Å²) in [6.45, 7) is 1.07. The van der Waals surface area contributed by atoms with Crippen molar-refractivity contribution in [3.05, 3.63) is 35.8 Å². The molecule has 0 unspecified atom stereocenters. The highest BCUT2D eigenvalue weighted by Crippen LogP contribution is 2.32. The van der Waals surface area contributed by atoms with Gasteiger partial charge in [-0.3, -0.25) is 0 Å². The molecule has 1 aliphatic heterocycles. The van der Waals surface area contributed by atoms with E-state index >= 15 is 0 Å². The van der Waals surface area contributed by atoms with Gasteiger partial charge in [-0.15, -0.1) is 0 Å². The summed E-state index contributed by atoms with van der Waals surface area (Å²) >= 11 is 0. The Hall–Kier alpha value is -2.54. The highest BCUT2D eigenvalue weighted by molar-refractivity contribution is 5.80. The van der Waals surface area contributed by atoms with Crippen molar-refractivity contribution in [3.8, 4) is 11.3 Å². The molecule has 0 aromatic carbocycles. The first kappa shape index (κ1) is 12.2. The van der Waals surface area contributed by atoms with Crippen LogP contribution >= 0.6 is 0 Å². The van der Waals surface area contributed by atoms with E-state index in [4.69, 9.17) is 9.72 Å². The quantitative estimate of drug-likeness (QED) is 0.705. The van der Waals surface area contributed by atoms with E-state index in [0.29, 0.717) is 19.2 Å². The van der Waals surface area contributed by atoms with Crippen molar-refractivity contribution in [2.45, 2.75) is 13.2 Å². The predicted molar refractivity (Wildman–Crippen MR) is 76.8 cm³/mol. The number of hydrogen-bond donors (Lipinski definition) is 0. The molecular formula is C14H14N6O. The third kappa shape index (κ3) is 1.85. The molecule has 0 radical (unpaired) electrons. The molecule has 21 heavy (non-hydrogen) atoms. The molecule has 0 fully saturated rings. The summed E-state index contributed by atoms with van der Waals surface area (Å²) in [6.07, 6.45) is 3.51. The Labute approximate surface area is 121 Å². The predicted octanol–water partition coefficient (Wildman–Crippen LogP) is 1.28. The highest BCUT2D eigenvalue weighted by atomic mass is 16.5. The maximum atomic E-state index is 5.54. The van der Waals surface area contributed by atoms with Crippen molar-refractivity contribution in [1.29, 1.82) is 0 Å². The van der Waals surface area contributed by atoms with Gasteiger partial charge in [0.25, 0.3) is 0 Å². The first-order chi connectivity index (χ1) is 10.2. The van der Waals surface area contributed by atoms with Crippen molar-refractivity contribution in [3.63, 3.8) is 0 Å². The average molecular weight is 282 g/mol. The van der Waals surface area contributed by atoms with Crippen molar-refractivity contribution < 1.29 is 4.74 Å². The summed E-state index contributed by atoms with van der Waals surface area (Å²) in [6, 6.07) is 3.88. The van der Waals surface area contributed by atoms with Gasteiger partial charge in [-0.2, -0.15) is 14.8 Å². The molecule has 4 rings (SSSR count). The number of aromatic nitrogens is 5. The second kappa shape index (κ2) is 4.49. The van der Waals surface area contributed by atoms with Crippen LogP contribution in [0.1, 0.15) is 11.3 Å². The molecule has 1 aliphatic rings. The molecule has 0 spiro atoms. The fourth-order valence-electron chi connectivity index (χ4n) is 2.48. The van der Waals surface area contributed by atoms with E-state index in [1.54, 1.807) is 17.0 Å².